The number of para-hydroxylation sites is 1. The lowest BCUT2D eigenvalue weighted by Crippen LogP contribution is -1.95. The highest BCUT2D eigenvalue weighted by Crippen LogP contribution is 2.38. The van der Waals surface area contributed by atoms with Gasteiger partial charge in [-0.2, -0.15) is 0 Å². The number of hydrogen-bond donors (Lipinski definition) is 0. The van der Waals surface area contributed by atoms with Gasteiger partial charge in [-0.1, -0.05) is 128 Å². The summed E-state index contributed by atoms with van der Waals surface area (Å²) in [6, 6.07) is 60.6. The van der Waals surface area contributed by atoms with Crippen LogP contribution in [0.1, 0.15) is 6.92 Å². The van der Waals surface area contributed by atoms with Crippen LogP contribution in [0.4, 0.5) is 0 Å². The van der Waals surface area contributed by atoms with Gasteiger partial charge >= 0.3 is 0 Å². The molecule has 0 aliphatic carbocycles. The van der Waals surface area contributed by atoms with Crippen LogP contribution >= 0.6 is 0 Å². The highest BCUT2D eigenvalue weighted by atomic mass is 15.0. The van der Waals surface area contributed by atoms with E-state index in [1.165, 1.54) is 16.3 Å². The minimum absolute atomic E-state index is 0.955. The third-order valence-corrected chi connectivity index (χ3v) is 10.8. The summed E-state index contributed by atoms with van der Waals surface area (Å²) in [5.74, 6) is 0. The highest BCUT2D eigenvalue weighted by Gasteiger charge is 2.17. The molecule has 0 bridgehead atoms. The minimum Gasteiger partial charge on any atom is -0.309 e. The van der Waals surface area contributed by atoms with Gasteiger partial charge in [0.25, 0.3) is 0 Å². The first kappa shape index (κ1) is 34.0. The van der Waals surface area contributed by atoms with Gasteiger partial charge in [0.2, 0.25) is 0 Å². The first-order valence-electron chi connectivity index (χ1n) is 19.3. The van der Waals surface area contributed by atoms with Gasteiger partial charge in [-0.25, -0.2) is 4.98 Å². The number of benzene rings is 6. The van der Waals surface area contributed by atoms with Crippen LogP contribution in [0.3, 0.4) is 0 Å². The molecule has 0 fully saturated rings. The molecular formula is C53H38N4. The molecule has 6 aromatic carbocycles. The van der Waals surface area contributed by atoms with Crippen molar-refractivity contribution in [2.24, 2.45) is 0 Å². The Hall–Kier alpha value is -7.56. The zero-order valence-corrected chi connectivity index (χ0v) is 31.5. The molecule has 270 valence electrons. The summed E-state index contributed by atoms with van der Waals surface area (Å²) in [7, 11) is 0. The summed E-state index contributed by atoms with van der Waals surface area (Å²) >= 11 is 0. The molecule has 0 saturated carbocycles. The number of nitrogens with zero attached hydrogens (tertiary/aromatic N) is 4. The highest BCUT2D eigenvalue weighted by molar-refractivity contribution is 6.12. The number of fused-ring (bicyclic) bond motifs is 6. The zero-order valence-electron chi connectivity index (χ0n) is 31.5. The van der Waals surface area contributed by atoms with E-state index < -0.39 is 0 Å². The molecule has 0 amide bonds. The maximum atomic E-state index is 5.10. The molecule has 10 aromatic rings. The van der Waals surface area contributed by atoms with E-state index in [-0.39, 0.29) is 0 Å². The molecule has 0 N–H and O–H groups in total. The molecule has 4 heterocycles. The van der Waals surface area contributed by atoms with E-state index in [1.54, 1.807) is 0 Å². The molecule has 0 unspecified atom stereocenters. The van der Waals surface area contributed by atoms with Crippen LogP contribution in [0.15, 0.2) is 207 Å². The minimum atomic E-state index is 0.955. The van der Waals surface area contributed by atoms with E-state index >= 15 is 0 Å². The molecule has 0 aliphatic rings. The van der Waals surface area contributed by atoms with Crippen LogP contribution < -0.4 is 0 Å². The number of rotatable bonds is 8. The van der Waals surface area contributed by atoms with Crippen molar-refractivity contribution < 1.29 is 0 Å². The van der Waals surface area contributed by atoms with Crippen molar-refractivity contribution >= 4 is 49.4 Å². The Labute approximate surface area is 331 Å². The summed E-state index contributed by atoms with van der Waals surface area (Å²) in [5.41, 5.74) is 16.3. The van der Waals surface area contributed by atoms with Crippen molar-refractivity contribution in [3.8, 4) is 50.5 Å². The van der Waals surface area contributed by atoms with Crippen molar-refractivity contribution in [1.29, 1.82) is 0 Å². The summed E-state index contributed by atoms with van der Waals surface area (Å²) in [6.07, 6.45) is 9.92. The first-order valence-corrected chi connectivity index (χ1v) is 19.3. The number of hydrogen-bond acceptors (Lipinski definition) is 2. The Morgan fingerprint density at radius 2 is 1.14 bits per heavy atom. The van der Waals surface area contributed by atoms with Crippen LogP contribution in [-0.2, 0) is 0 Å². The maximum Gasteiger partial charge on any atom is 0.0963 e. The van der Waals surface area contributed by atoms with Crippen LogP contribution in [0.25, 0.3) is 99.9 Å². The topological polar surface area (TPSA) is 35.6 Å². The fraction of sp³-hybridized carbons (Fsp3) is 0.0189. The fourth-order valence-corrected chi connectivity index (χ4v) is 8.23. The first-order chi connectivity index (χ1) is 28.2. The maximum absolute atomic E-state index is 5.10. The van der Waals surface area contributed by atoms with E-state index in [9.17, 15) is 0 Å². The third kappa shape index (κ3) is 5.96. The van der Waals surface area contributed by atoms with Gasteiger partial charge in [-0.05, 0) is 102 Å². The summed E-state index contributed by atoms with van der Waals surface area (Å²) < 4.78 is 4.66. The molecule has 0 saturated heterocycles. The lowest BCUT2D eigenvalue weighted by atomic mass is 9.99. The number of aromatic nitrogens is 4. The Balaban J connectivity index is 1.10. The SMILES string of the molecule is C=C/C=C(\C=C/C)n1c2ccc(-c3ccc4c5ccccc5n(-c5ccc(-c6cc(-c7ccccc7)nc(-c7ccccc7)c6)cc5)c4c3)cc2c2ncccc21. The molecular weight excluding hydrogens is 693 g/mol. The lowest BCUT2D eigenvalue weighted by Gasteiger charge is -2.12. The predicted molar refractivity (Wildman–Crippen MR) is 240 cm³/mol. The van der Waals surface area contributed by atoms with E-state index in [0.717, 1.165) is 83.6 Å². The summed E-state index contributed by atoms with van der Waals surface area (Å²) in [6.45, 7) is 6.01. The average Bonchev–Trinajstić information content (AvgIpc) is 3.79. The van der Waals surface area contributed by atoms with Crippen LogP contribution in [0, 0.1) is 0 Å². The van der Waals surface area contributed by atoms with Crippen LogP contribution in [-0.4, -0.2) is 19.1 Å². The van der Waals surface area contributed by atoms with E-state index in [0.29, 0.717) is 0 Å². The third-order valence-electron chi connectivity index (χ3n) is 10.8. The van der Waals surface area contributed by atoms with Crippen molar-refractivity contribution in [2.75, 3.05) is 0 Å². The normalized spacial score (nSPS) is 12.1. The summed E-state index contributed by atoms with van der Waals surface area (Å²) in [4.78, 5) is 9.96. The Bertz CT molecular complexity index is 3120. The predicted octanol–water partition coefficient (Wildman–Crippen LogP) is 14.0. The Morgan fingerprint density at radius 3 is 1.86 bits per heavy atom. The quantitative estimate of drug-likeness (QED) is 0.146. The molecule has 4 nitrogen and oxygen atoms in total. The van der Waals surface area contributed by atoms with Crippen LogP contribution in [0.5, 0.6) is 0 Å². The van der Waals surface area contributed by atoms with E-state index in [1.807, 2.05) is 43.5 Å². The van der Waals surface area contributed by atoms with Gasteiger partial charge in [-0.3, -0.25) is 4.98 Å². The zero-order chi connectivity index (χ0) is 38.3. The van der Waals surface area contributed by atoms with Gasteiger partial charge in [-0.15, -0.1) is 0 Å². The van der Waals surface area contributed by atoms with Crippen LogP contribution in [0.2, 0.25) is 0 Å². The standard InChI is InChI=1S/C53H38N4/c1-3-14-42(15-4-2)56-50-30-26-39(32-46(50)53-51(56)22-13-31-54-53)40-25-29-45-44-20-11-12-21-49(44)57(52(45)35-40)43-27-23-36(24-28-43)41-33-47(37-16-7-5-8-17-37)55-48(34-41)38-18-9-6-10-19-38/h3-35H,1H2,2H3/b15-4-,42-14+. The largest absolute Gasteiger partial charge is 0.309 e. The summed E-state index contributed by atoms with van der Waals surface area (Å²) in [5, 5.41) is 3.56. The number of allylic oxidation sites excluding steroid dienone is 5. The second-order valence-corrected chi connectivity index (χ2v) is 14.3. The lowest BCUT2D eigenvalue weighted by molar-refractivity contribution is 1.18. The second-order valence-electron chi connectivity index (χ2n) is 14.3. The Morgan fingerprint density at radius 1 is 0.509 bits per heavy atom. The van der Waals surface area contributed by atoms with Crippen molar-refractivity contribution in [3.63, 3.8) is 0 Å². The van der Waals surface area contributed by atoms with Gasteiger partial charge in [0, 0.05) is 44.9 Å². The molecule has 0 atom stereocenters. The smallest absolute Gasteiger partial charge is 0.0963 e. The van der Waals surface area contributed by atoms with Gasteiger partial charge in [0.05, 0.1) is 39.0 Å². The van der Waals surface area contributed by atoms with Gasteiger partial charge in [0.15, 0.2) is 0 Å². The second kappa shape index (κ2) is 14.3. The number of pyridine rings is 2. The molecule has 57 heavy (non-hydrogen) atoms. The fourth-order valence-electron chi connectivity index (χ4n) is 8.23. The van der Waals surface area contributed by atoms with Crippen molar-refractivity contribution in [2.45, 2.75) is 6.92 Å². The Kier molecular flexibility index (Phi) is 8.50. The monoisotopic (exact) mass is 730 g/mol. The molecule has 4 aromatic heterocycles. The van der Waals surface area contributed by atoms with E-state index in [4.69, 9.17) is 9.97 Å². The molecule has 10 rings (SSSR count). The molecule has 0 spiro atoms. The van der Waals surface area contributed by atoms with Crippen molar-refractivity contribution in [3.05, 3.63) is 207 Å². The molecule has 4 heteroatoms. The molecule has 0 radical (unpaired) electrons. The van der Waals surface area contributed by atoms with Gasteiger partial charge in [0.1, 0.15) is 0 Å². The average molecular weight is 731 g/mol. The molecule has 0 aliphatic heterocycles. The van der Waals surface area contributed by atoms with Crippen molar-refractivity contribution in [1.82, 2.24) is 19.1 Å². The van der Waals surface area contributed by atoms with E-state index in [2.05, 4.69) is 180 Å². The van der Waals surface area contributed by atoms with Gasteiger partial charge < -0.3 is 9.13 Å².